The molecule has 1 aromatic rings. The summed E-state index contributed by atoms with van der Waals surface area (Å²) in [5, 5.41) is 0. The maximum absolute atomic E-state index is 12.4. The summed E-state index contributed by atoms with van der Waals surface area (Å²) < 4.78 is 28.5. The second-order valence-corrected chi connectivity index (χ2v) is 6.40. The Labute approximate surface area is 141 Å². The Morgan fingerprint density at radius 2 is 2.00 bits per heavy atom. The van der Waals surface area contributed by atoms with Gasteiger partial charge in [0, 0.05) is 19.1 Å². The molecule has 1 aromatic carbocycles. The molecular formula is C16H23ClF2N2O2. The van der Waals surface area contributed by atoms with Crippen molar-refractivity contribution in [2.75, 3.05) is 13.1 Å². The van der Waals surface area contributed by atoms with Crippen molar-refractivity contribution >= 4 is 18.3 Å². The summed E-state index contributed by atoms with van der Waals surface area (Å²) in [5.41, 5.74) is 6.75. The Balaban J connectivity index is 0.00000264. The van der Waals surface area contributed by atoms with Gasteiger partial charge in [-0.25, -0.2) is 0 Å². The van der Waals surface area contributed by atoms with E-state index in [-0.39, 0.29) is 41.9 Å². The number of carbonyl (C=O) groups is 1. The second-order valence-electron chi connectivity index (χ2n) is 6.40. The number of ether oxygens (including phenoxy) is 1. The molecule has 1 amide bonds. The van der Waals surface area contributed by atoms with E-state index >= 15 is 0 Å². The Kier molecular flexibility index (Phi) is 6.77. The molecule has 0 aromatic heterocycles. The lowest BCUT2D eigenvalue weighted by Crippen LogP contribution is -2.54. The van der Waals surface area contributed by atoms with Crippen LogP contribution in [-0.4, -0.2) is 36.5 Å². The number of benzene rings is 1. The van der Waals surface area contributed by atoms with Crippen molar-refractivity contribution in [3.8, 4) is 5.75 Å². The van der Waals surface area contributed by atoms with Crippen molar-refractivity contribution in [2.24, 2.45) is 11.1 Å². The number of halogens is 3. The summed E-state index contributed by atoms with van der Waals surface area (Å²) >= 11 is 0. The van der Waals surface area contributed by atoms with Crippen LogP contribution in [0.4, 0.5) is 8.78 Å². The number of rotatable bonds is 4. The highest BCUT2D eigenvalue weighted by Gasteiger charge is 2.35. The van der Waals surface area contributed by atoms with Gasteiger partial charge in [0.25, 0.3) is 0 Å². The molecule has 1 atom stereocenters. The number of alkyl halides is 2. The first kappa shape index (κ1) is 19.6. The SMILES string of the molecule is CC1(C)CN(C(=O)Cc2ccc(OC(F)F)cc2)CCC1N.Cl. The summed E-state index contributed by atoms with van der Waals surface area (Å²) in [6.07, 6.45) is 1.04. The first-order valence-corrected chi connectivity index (χ1v) is 7.35. The van der Waals surface area contributed by atoms with E-state index < -0.39 is 6.61 Å². The lowest BCUT2D eigenvalue weighted by atomic mass is 9.79. The van der Waals surface area contributed by atoms with Crippen LogP contribution >= 0.6 is 12.4 Å². The summed E-state index contributed by atoms with van der Waals surface area (Å²) in [7, 11) is 0. The van der Waals surface area contributed by atoms with Crippen LogP contribution < -0.4 is 10.5 Å². The normalized spacial score (nSPS) is 20.1. The maximum Gasteiger partial charge on any atom is 0.387 e. The van der Waals surface area contributed by atoms with Crippen LogP contribution in [0.5, 0.6) is 5.75 Å². The number of piperidine rings is 1. The van der Waals surface area contributed by atoms with Gasteiger partial charge in [0.05, 0.1) is 6.42 Å². The van der Waals surface area contributed by atoms with Crippen molar-refractivity contribution < 1.29 is 18.3 Å². The second kappa shape index (κ2) is 7.93. The van der Waals surface area contributed by atoms with Crippen LogP contribution in [0.2, 0.25) is 0 Å². The van der Waals surface area contributed by atoms with Gasteiger partial charge in [-0.05, 0) is 29.5 Å². The van der Waals surface area contributed by atoms with Crippen molar-refractivity contribution in [3.05, 3.63) is 29.8 Å². The Morgan fingerprint density at radius 1 is 1.39 bits per heavy atom. The van der Waals surface area contributed by atoms with E-state index in [1.807, 2.05) is 4.90 Å². The van der Waals surface area contributed by atoms with Gasteiger partial charge in [-0.15, -0.1) is 12.4 Å². The number of nitrogens with zero attached hydrogens (tertiary/aromatic N) is 1. The highest BCUT2D eigenvalue weighted by molar-refractivity contribution is 5.85. The van der Waals surface area contributed by atoms with Gasteiger partial charge in [0.2, 0.25) is 5.91 Å². The molecule has 1 aliphatic rings. The molecule has 2 rings (SSSR count). The fourth-order valence-electron chi connectivity index (χ4n) is 2.66. The molecule has 1 heterocycles. The molecule has 1 unspecified atom stereocenters. The van der Waals surface area contributed by atoms with Crippen molar-refractivity contribution in [2.45, 2.75) is 39.3 Å². The average molecular weight is 349 g/mol. The molecule has 23 heavy (non-hydrogen) atoms. The first-order chi connectivity index (χ1) is 10.3. The van der Waals surface area contributed by atoms with E-state index in [1.54, 1.807) is 12.1 Å². The standard InChI is InChI=1S/C16H22F2N2O2.ClH/c1-16(2)10-20(8-7-13(16)19)14(21)9-11-3-5-12(6-4-11)22-15(17)18;/h3-6,13,15H,7-10,19H2,1-2H3;1H. The summed E-state index contributed by atoms with van der Waals surface area (Å²) in [6.45, 7) is 2.59. The molecule has 0 saturated carbocycles. The van der Waals surface area contributed by atoms with E-state index in [2.05, 4.69) is 18.6 Å². The number of hydrogen-bond acceptors (Lipinski definition) is 3. The van der Waals surface area contributed by atoms with E-state index in [1.165, 1.54) is 12.1 Å². The van der Waals surface area contributed by atoms with Crippen molar-refractivity contribution in [1.29, 1.82) is 0 Å². The summed E-state index contributed by atoms with van der Waals surface area (Å²) in [4.78, 5) is 14.2. The van der Waals surface area contributed by atoms with Gasteiger partial charge in [0.1, 0.15) is 5.75 Å². The number of likely N-dealkylation sites (tertiary alicyclic amines) is 1. The zero-order valence-corrected chi connectivity index (χ0v) is 14.1. The molecule has 1 saturated heterocycles. The number of nitrogens with two attached hydrogens (primary N) is 1. The first-order valence-electron chi connectivity index (χ1n) is 7.35. The number of hydrogen-bond donors (Lipinski definition) is 1. The summed E-state index contributed by atoms with van der Waals surface area (Å²) in [5.74, 6) is 0.124. The zero-order valence-electron chi connectivity index (χ0n) is 13.3. The molecule has 0 spiro atoms. The minimum atomic E-state index is -2.84. The molecular weight excluding hydrogens is 326 g/mol. The molecule has 1 aliphatic heterocycles. The topological polar surface area (TPSA) is 55.6 Å². The monoisotopic (exact) mass is 348 g/mol. The van der Waals surface area contributed by atoms with Gasteiger partial charge >= 0.3 is 6.61 Å². The van der Waals surface area contributed by atoms with E-state index in [9.17, 15) is 13.6 Å². The van der Waals surface area contributed by atoms with Gasteiger partial charge in [0.15, 0.2) is 0 Å². The molecule has 4 nitrogen and oxygen atoms in total. The molecule has 130 valence electrons. The largest absolute Gasteiger partial charge is 0.435 e. The molecule has 0 radical (unpaired) electrons. The van der Waals surface area contributed by atoms with Crippen LogP contribution in [0.3, 0.4) is 0 Å². The minimum absolute atomic E-state index is 0. The van der Waals surface area contributed by atoms with Gasteiger partial charge in [-0.1, -0.05) is 26.0 Å². The molecule has 7 heteroatoms. The van der Waals surface area contributed by atoms with Gasteiger partial charge < -0.3 is 15.4 Å². The van der Waals surface area contributed by atoms with E-state index in [0.717, 1.165) is 12.0 Å². The van der Waals surface area contributed by atoms with Crippen LogP contribution in [0.25, 0.3) is 0 Å². The molecule has 1 fully saturated rings. The molecule has 0 aliphatic carbocycles. The lowest BCUT2D eigenvalue weighted by Gasteiger charge is -2.42. The van der Waals surface area contributed by atoms with Gasteiger partial charge in [-0.3, -0.25) is 4.79 Å². The zero-order chi connectivity index (χ0) is 16.3. The molecule has 2 N–H and O–H groups in total. The highest BCUT2D eigenvalue weighted by atomic mass is 35.5. The third-order valence-corrected chi connectivity index (χ3v) is 4.17. The van der Waals surface area contributed by atoms with Crippen LogP contribution in [0.15, 0.2) is 24.3 Å². The smallest absolute Gasteiger partial charge is 0.387 e. The van der Waals surface area contributed by atoms with E-state index in [4.69, 9.17) is 5.73 Å². The van der Waals surface area contributed by atoms with Crippen molar-refractivity contribution in [1.82, 2.24) is 4.90 Å². The summed E-state index contributed by atoms with van der Waals surface area (Å²) in [6, 6.07) is 6.27. The fraction of sp³-hybridized carbons (Fsp3) is 0.562. The Hall–Kier alpha value is -1.40. The maximum atomic E-state index is 12.4. The quantitative estimate of drug-likeness (QED) is 0.910. The Morgan fingerprint density at radius 3 is 2.52 bits per heavy atom. The van der Waals surface area contributed by atoms with E-state index in [0.29, 0.717) is 13.1 Å². The third-order valence-electron chi connectivity index (χ3n) is 4.17. The van der Waals surface area contributed by atoms with Crippen molar-refractivity contribution in [3.63, 3.8) is 0 Å². The minimum Gasteiger partial charge on any atom is -0.435 e. The third kappa shape index (κ3) is 5.32. The Bertz CT molecular complexity index is 523. The highest BCUT2D eigenvalue weighted by Crippen LogP contribution is 2.28. The van der Waals surface area contributed by atoms with Crippen LogP contribution in [0.1, 0.15) is 25.8 Å². The number of carbonyl (C=O) groups excluding carboxylic acids is 1. The number of amides is 1. The van der Waals surface area contributed by atoms with Crippen LogP contribution in [-0.2, 0) is 11.2 Å². The molecule has 0 bridgehead atoms. The predicted octanol–water partition coefficient (Wildman–Crippen LogP) is 2.84. The fourth-order valence-corrected chi connectivity index (χ4v) is 2.66. The van der Waals surface area contributed by atoms with Gasteiger partial charge in [-0.2, -0.15) is 8.78 Å². The predicted molar refractivity (Wildman–Crippen MR) is 87.0 cm³/mol. The van der Waals surface area contributed by atoms with Crippen LogP contribution in [0, 0.1) is 5.41 Å². The lowest BCUT2D eigenvalue weighted by molar-refractivity contribution is -0.133. The average Bonchev–Trinajstić information content (AvgIpc) is 2.43.